The molecule has 1 aliphatic rings. The van der Waals surface area contributed by atoms with Crippen LogP contribution in [0.3, 0.4) is 0 Å². The second-order valence-electron chi connectivity index (χ2n) is 6.58. The van der Waals surface area contributed by atoms with E-state index in [0.29, 0.717) is 43.2 Å². The van der Waals surface area contributed by atoms with Crippen LogP contribution < -0.4 is 4.74 Å². The summed E-state index contributed by atoms with van der Waals surface area (Å²) >= 11 is 0. The third-order valence-corrected chi connectivity index (χ3v) is 4.64. The number of rotatable bonds is 6. The van der Waals surface area contributed by atoms with Gasteiger partial charge < -0.3 is 19.1 Å². The SMILES string of the molecule is COc1ccc(/C=C(\C#N)C(=O)O[C@@H](C(=O)N2CCOCC2)c2ccccc2)cc1. The summed E-state index contributed by atoms with van der Waals surface area (Å²) in [6.45, 7) is 1.71. The summed E-state index contributed by atoms with van der Waals surface area (Å²) in [5, 5.41) is 9.47. The number of benzene rings is 2. The zero-order valence-corrected chi connectivity index (χ0v) is 16.6. The van der Waals surface area contributed by atoms with Gasteiger partial charge in [0.1, 0.15) is 17.4 Å². The van der Waals surface area contributed by atoms with Gasteiger partial charge >= 0.3 is 5.97 Å². The number of carbonyl (C=O) groups excluding carboxylic acids is 2. The molecule has 0 aliphatic carbocycles. The van der Waals surface area contributed by atoms with Crippen molar-refractivity contribution in [1.29, 1.82) is 5.26 Å². The molecule has 1 saturated heterocycles. The second kappa shape index (κ2) is 10.2. The van der Waals surface area contributed by atoms with Gasteiger partial charge in [0.25, 0.3) is 5.91 Å². The number of morpholine rings is 1. The minimum Gasteiger partial charge on any atom is -0.497 e. The summed E-state index contributed by atoms with van der Waals surface area (Å²) in [5.74, 6) is -0.531. The van der Waals surface area contributed by atoms with Crippen LogP contribution in [0, 0.1) is 11.3 Å². The van der Waals surface area contributed by atoms with Gasteiger partial charge in [0.15, 0.2) is 0 Å². The van der Waals surface area contributed by atoms with E-state index < -0.39 is 12.1 Å². The molecule has 0 N–H and O–H groups in total. The van der Waals surface area contributed by atoms with E-state index in [0.717, 1.165) is 0 Å². The van der Waals surface area contributed by atoms with Gasteiger partial charge in [0.05, 0.1) is 20.3 Å². The van der Waals surface area contributed by atoms with Gasteiger partial charge in [-0.1, -0.05) is 42.5 Å². The summed E-state index contributed by atoms with van der Waals surface area (Å²) in [6.07, 6.45) is 0.285. The number of ether oxygens (including phenoxy) is 3. The molecule has 1 fully saturated rings. The molecule has 0 saturated carbocycles. The lowest BCUT2D eigenvalue weighted by atomic mass is 10.1. The first kappa shape index (κ1) is 21.1. The molecule has 0 aromatic heterocycles. The number of carbonyl (C=O) groups is 2. The van der Waals surface area contributed by atoms with Crippen molar-refractivity contribution in [2.24, 2.45) is 0 Å². The zero-order chi connectivity index (χ0) is 21.3. The van der Waals surface area contributed by atoms with Gasteiger partial charge in [-0.05, 0) is 23.8 Å². The molecular formula is C23H22N2O5. The van der Waals surface area contributed by atoms with Crippen molar-refractivity contribution < 1.29 is 23.8 Å². The molecule has 1 atom stereocenters. The number of amides is 1. The minimum absolute atomic E-state index is 0.198. The summed E-state index contributed by atoms with van der Waals surface area (Å²) in [4.78, 5) is 27.4. The van der Waals surface area contributed by atoms with Crippen molar-refractivity contribution in [2.75, 3.05) is 33.4 Å². The minimum atomic E-state index is -1.13. The number of hydrogen-bond acceptors (Lipinski definition) is 6. The fourth-order valence-corrected chi connectivity index (χ4v) is 3.01. The van der Waals surface area contributed by atoms with Gasteiger partial charge in [0.2, 0.25) is 6.10 Å². The highest BCUT2D eigenvalue weighted by Crippen LogP contribution is 2.23. The van der Waals surface area contributed by atoms with E-state index in [1.54, 1.807) is 60.5 Å². The molecule has 7 nitrogen and oxygen atoms in total. The normalized spacial score (nSPS) is 15.1. The predicted molar refractivity (Wildman–Crippen MR) is 109 cm³/mol. The van der Waals surface area contributed by atoms with Gasteiger partial charge in [-0.2, -0.15) is 5.26 Å². The molecule has 0 unspecified atom stereocenters. The Labute approximate surface area is 175 Å². The van der Waals surface area contributed by atoms with Crippen LogP contribution in [0.2, 0.25) is 0 Å². The Morgan fingerprint density at radius 3 is 2.37 bits per heavy atom. The maximum atomic E-state index is 13.1. The second-order valence-corrected chi connectivity index (χ2v) is 6.58. The van der Waals surface area contributed by atoms with Gasteiger partial charge in [0, 0.05) is 18.7 Å². The summed E-state index contributed by atoms with van der Waals surface area (Å²) in [7, 11) is 1.55. The van der Waals surface area contributed by atoms with Crippen molar-refractivity contribution in [2.45, 2.75) is 6.10 Å². The standard InChI is InChI=1S/C23H22N2O5/c1-28-20-9-7-17(8-10-20)15-19(16-24)23(27)30-21(18-5-3-2-4-6-18)22(26)25-11-13-29-14-12-25/h2-10,15,21H,11-14H2,1H3/b19-15+/t21-/m1/s1. The monoisotopic (exact) mass is 406 g/mol. The molecule has 3 rings (SSSR count). The van der Waals surface area contributed by atoms with Crippen LogP contribution in [0.25, 0.3) is 6.08 Å². The lowest BCUT2D eigenvalue weighted by Crippen LogP contribution is -2.44. The van der Waals surface area contributed by atoms with E-state index in [1.807, 2.05) is 12.1 Å². The number of methoxy groups -OCH3 is 1. The fraction of sp³-hybridized carbons (Fsp3) is 0.261. The Hall–Kier alpha value is -3.63. The summed E-state index contributed by atoms with van der Waals surface area (Å²) < 4.78 is 15.9. The molecule has 0 radical (unpaired) electrons. The molecule has 0 bridgehead atoms. The van der Waals surface area contributed by atoms with Gasteiger partial charge in [-0.25, -0.2) is 4.79 Å². The smallest absolute Gasteiger partial charge is 0.350 e. The maximum Gasteiger partial charge on any atom is 0.350 e. The number of nitrogens with zero attached hydrogens (tertiary/aromatic N) is 2. The van der Waals surface area contributed by atoms with Gasteiger partial charge in [-0.15, -0.1) is 0 Å². The Kier molecular flexibility index (Phi) is 7.19. The molecule has 154 valence electrons. The van der Waals surface area contributed by atoms with Crippen LogP contribution in [-0.4, -0.2) is 50.2 Å². The molecule has 1 amide bonds. The average molecular weight is 406 g/mol. The molecule has 2 aromatic carbocycles. The molecule has 0 spiro atoms. The largest absolute Gasteiger partial charge is 0.497 e. The van der Waals surface area contributed by atoms with E-state index in [2.05, 4.69) is 0 Å². The number of hydrogen-bond donors (Lipinski definition) is 0. The van der Waals surface area contributed by atoms with E-state index >= 15 is 0 Å². The topological polar surface area (TPSA) is 88.9 Å². The van der Waals surface area contributed by atoms with E-state index in [-0.39, 0.29) is 11.5 Å². The molecule has 2 aromatic rings. The maximum absolute atomic E-state index is 13.1. The van der Waals surface area contributed by atoms with Gasteiger partial charge in [-0.3, -0.25) is 4.79 Å². The van der Waals surface area contributed by atoms with Crippen molar-refractivity contribution in [1.82, 2.24) is 4.90 Å². The Morgan fingerprint density at radius 1 is 1.10 bits per heavy atom. The Balaban J connectivity index is 1.83. The lowest BCUT2D eigenvalue weighted by molar-refractivity contribution is -0.159. The summed E-state index contributed by atoms with van der Waals surface area (Å²) in [5.41, 5.74) is 0.986. The average Bonchev–Trinajstić information content (AvgIpc) is 2.82. The molecule has 1 aliphatic heterocycles. The van der Waals surface area contributed by atoms with E-state index in [4.69, 9.17) is 14.2 Å². The van der Waals surface area contributed by atoms with Crippen LogP contribution in [0.1, 0.15) is 17.2 Å². The Bertz CT molecular complexity index is 942. The van der Waals surface area contributed by atoms with E-state index in [1.165, 1.54) is 6.08 Å². The first-order valence-electron chi connectivity index (χ1n) is 9.50. The van der Waals surface area contributed by atoms with Crippen molar-refractivity contribution in [3.63, 3.8) is 0 Å². The summed E-state index contributed by atoms with van der Waals surface area (Å²) in [6, 6.07) is 17.5. The van der Waals surface area contributed by atoms with Crippen LogP contribution in [0.15, 0.2) is 60.2 Å². The number of esters is 1. The van der Waals surface area contributed by atoms with E-state index in [9.17, 15) is 14.9 Å². The number of nitriles is 1. The molecule has 7 heteroatoms. The highest BCUT2D eigenvalue weighted by Gasteiger charge is 2.31. The fourth-order valence-electron chi connectivity index (χ4n) is 3.01. The highest BCUT2D eigenvalue weighted by molar-refractivity contribution is 5.99. The molecule has 1 heterocycles. The van der Waals surface area contributed by atoms with Crippen LogP contribution >= 0.6 is 0 Å². The quantitative estimate of drug-likeness (QED) is 0.416. The van der Waals surface area contributed by atoms with Crippen molar-refractivity contribution >= 4 is 18.0 Å². The highest BCUT2D eigenvalue weighted by atomic mass is 16.5. The van der Waals surface area contributed by atoms with Crippen LogP contribution in [0.4, 0.5) is 0 Å². The first-order valence-corrected chi connectivity index (χ1v) is 9.50. The van der Waals surface area contributed by atoms with Crippen LogP contribution in [-0.2, 0) is 19.1 Å². The molecular weight excluding hydrogens is 384 g/mol. The van der Waals surface area contributed by atoms with Crippen LogP contribution in [0.5, 0.6) is 5.75 Å². The molecule has 30 heavy (non-hydrogen) atoms. The Morgan fingerprint density at radius 2 is 1.77 bits per heavy atom. The predicted octanol–water partition coefficient (Wildman–Crippen LogP) is 2.75. The van der Waals surface area contributed by atoms with Crippen molar-refractivity contribution in [3.05, 3.63) is 71.3 Å². The third kappa shape index (κ3) is 5.25. The third-order valence-electron chi connectivity index (χ3n) is 4.64. The lowest BCUT2D eigenvalue weighted by Gasteiger charge is -2.30. The zero-order valence-electron chi connectivity index (χ0n) is 16.6. The first-order chi connectivity index (χ1) is 14.6. The van der Waals surface area contributed by atoms with Crippen molar-refractivity contribution in [3.8, 4) is 11.8 Å².